The minimum Gasteiger partial charge on any atom is -0.472 e. The average Bonchev–Trinajstić information content (AvgIpc) is 3.15. The van der Waals surface area contributed by atoms with Crippen LogP contribution in [0.4, 0.5) is 0 Å². The van der Waals surface area contributed by atoms with Crippen LogP contribution in [0.25, 0.3) is 10.9 Å². The Hall–Kier alpha value is -2.19. The molecule has 8 heteroatoms. The molecule has 150 valence electrons. The predicted molar refractivity (Wildman–Crippen MR) is 106 cm³/mol. The highest BCUT2D eigenvalue weighted by molar-refractivity contribution is 7.88. The number of para-hydroxylation sites is 1. The Balaban J connectivity index is 1.33. The molecule has 0 N–H and O–H groups in total. The number of likely N-dealkylation sites (tertiary alicyclic amines) is 1. The molecule has 2 aromatic rings. The number of benzene rings is 1. The summed E-state index contributed by atoms with van der Waals surface area (Å²) in [4.78, 5) is 19.2. The summed E-state index contributed by atoms with van der Waals surface area (Å²) >= 11 is 0. The minimum atomic E-state index is -3.17. The van der Waals surface area contributed by atoms with E-state index in [0.717, 1.165) is 17.3 Å². The van der Waals surface area contributed by atoms with Crippen LogP contribution < -0.4 is 4.74 Å². The minimum absolute atomic E-state index is 0.0614. The van der Waals surface area contributed by atoms with Crippen LogP contribution in [-0.2, 0) is 14.8 Å². The first-order valence-corrected chi connectivity index (χ1v) is 11.5. The molecule has 0 aliphatic carbocycles. The Morgan fingerprint density at radius 2 is 1.82 bits per heavy atom. The third kappa shape index (κ3) is 4.12. The molecule has 0 radical (unpaired) electrons. The number of ether oxygens (including phenoxy) is 1. The Morgan fingerprint density at radius 3 is 2.57 bits per heavy atom. The van der Waals surface area contributed by atoms with E-state index in [1.807, 2.05) is 41.3 Å². The SMILES string of the molecule is CS(=O)(=O)N1CCC(C(=O)N2CC[C@@H](Oc3ccc4ccccc4n3)C2)CC1. The molecular weight excluding hydrogens is 378 g/mol. The summed E-state index contributed by atoms with van der Waals surface area (Å²) in [7, 11) is -3.17. The maximum atomic E-state index is 12.8. The molecule has 1 atom stereocenters. The van der Waals surface area contributed by atoms with E-state index in [1.54, 1.807) is 0 Å². The van der Waals surface area contributed by atoms with Crippen molar-refractivity contribution in [3.63, 3.8) is 0 Å². The molecule has 4 rings (SSSR count). The first-order valence-electron chi connectivity index (χ1n) is 9.66. The lowest BCUT2D eigenvalue weighted by molar-refractivity contribution is -0.135. The molecule has 7 nitrogen and oxygen atoms in total. The van der Waals surface area contributed by atoms with Crippen molar-refractivity contribution in [3.8, 4) is 5.88 Å². The van der Waals surface area contributed by atoms with Crippen LogP contribution in [0.2, 0.25) is 0 Å². The molecule has 0 saturated carbocycles. The number of sulfonamides is 1. The van der Waals surface area contributed by atoms with Gasteiger partial charge in [0, 0.05) is 43.4 Å². The summed E-state index contributed by atoms with van der Waals surface area (Å²) < 4.78 is 30.7. The molecule has 1 aromatic carbocycles. The number of amides is 1. The van der Waals surface area contributed by atoms with Crippen molar-refractivity contribution in [2.45, 2.75) is 25.4 Å². The van der Waals surface area contributed by atoms with Gasteiger partial charge in [-0.1, -0.05) is 18.2 Å². The van der Waals surface area contributed by atoms with Crippen molar-refractivity contribution < 1.29 is 17.9 Å². The molecule has 0 spiro atoms. The van der Waals surface area contributed by atoms with Crippen molar-refractivity contribution in [1.82, 2.24) is 14.2 Å². The monoisotopic (exact) mass is 403 g/mol. The number of rotatable bonds is 4. The summed E-state index contributed by atoms with van der Waals surface area (Å²) in [5.41, 5.74) is 0.892. The fourth-order valence-corrected chi connectivity index (χ4v) is 4.88. The van der Waals surface area contributed by atoms with Crippen LogP contribution in [0.5, 0.6) is 5.88 Å². The fraction of sp³-hybridized carbons (Fsp3) is 0.500. The summed E-state index contributed by atoms with van der Waals surface area (Å²) in [6.07, 6.45) is 3.11. The second-order valence-corrected chi connectivity index (χ2v) is 9.57. The van der Waals surface area contributed by atoms with Crippen LogP contribution in [0.15, 0.2) is 36.4 Å². The molecule has 2 fully saturated rings. The van der Waals surface area contributed by atoms with Crippen LogP contribution in [0, 0.1) is 5.92 Å². The van der Waals surface area contributed by atoms with Gasteiger partial charge < -0.3 is 9.64 Å². The zero-order valence-electron chi connectivity index (χ0n) is 16.0. The molecule has 2 aliphatic rings. The molecular formula is C20H25N3O4S. The molecule has 0 unspecified atom stereocenters. The molecule has 1 aromatic heterocycles. The van der Waals surface area contributed by atoms with E-state index in [-0.39, 0.29) is 17.9 Å². The second kappa shape index (κ2) is 7.67. The van der Waals surface area contributed by atoms with Gasteiger partial charge in [0.2, 0.25) is 21.8 Å². The lowest BCUT2D eigenvalue weighted by Gasteiger charge is -2.31. The average molecular weight is 404 g/mol. The Kier molecular flexibility index (Phi) is 5.25. The van der Waals surface area contributed by atoms with Gasteiger partial charge in [-0.05, 0) is 25.0 Å². The molecule has 28 heavy (non-hydrogen) atoms. The zero-order chi connectivity index (χ0) is 19.7. The molecule has 2 saturated heterocycles. The van der Waals surface area contributed by atoms with Gasteiger partial charge in [0.05, 0.1) is 18.3 Å². The number of pyridine rings is 1. The number of hydrogen-bond donors (Lipinski definition) is 0. The Morgan fingerprint density at radius 1 is 1.07 bits per heavy atom. The van der Waals surface area contributed by atoms with E-state index in [2.05, 4.69) is 4.98 Å². The smallest absolute Gasteiger partial charge is 0.225 e. The number of aromatic nitrogens is 1. The van der Waals surface area contributed by atoms with Crippen molar-refractivity contribution in [2.75, 3.05) is 32.4 Å². The summed E-state index contributed by atoms with van der Waals surface area (Å²) in [6.45, 7) is 2.07. The molecule has 3 heterocycles. The largest absolute Gasteiger partial charge is 0.472 e. The third-order valence-electron chi connectivity index (χ3n) is 5.59. The van der Waals surface area contributed by atoms with Crippen LogP contribution in [0.3, 0.4) is 0 Å². The van der Waals surface area contributed by atoms with Crippen molar-refractivity contribution in [2.24, 2.45) is 5.92 Å². The van der Waals surface area contributed by atoms with E-state index in [1.165, 1.54) is 10.6 Å². The second-order valence-electron chi connectivity index (χ2n) is 7.59. The summed E-state index contributed by atoms with van der Waals surface area (Å²) in [5.74, 6) is 0.598. The van der Waals surface area contributed by atoms with Gasteiger partial charge in [0.25, 0.3) is 0 Å². The number of hydrogen-bond acceptors (Lipinski definition) is 5. The normalized spacial score (nSPS) is 21.9. The van der Waals surface area contributed by atoms with Gasteiger partial charge >= 0.3 is 0 Å². The van der Waals surface area contributed by atoms with E-state index >= 15 is 0 Å². The lowest BCUT2D eigenvalue weighted by atomic mass is 9.97. The third-order valence-corrected chi connectivity index (χ3v) is 6.89. The number of nitrogens with zero attached hydrogens (tertiary/aromatic N) is 3. The highest BCUT2D eigenvalue weighted by Crippen LogP contribution is 2.25. The lowest BCUT2D eigenvalue weighted by Crippen LogP contribution is -2.43. The van der Waals surface area contributed by atoms with Crippen molar-refractivity contribution in [3.05, 3.63) is 36.4 Å². The first kappa shape index (κ1) is 19.1. The number of carbonyl (C=O) groups excluding carboxylic acids is 1. The predicted octanol–water partition coefficient (Wildman–Crippen LogP) is 1.89. The maximum Gasteiger partial charge on any atom is 0.225 e. The summed E-state index contributed by atoms with van der Waals surface area (Å²) in [6, 6.07) is 11.8. The number of piperidine rings is 1. The Labute approximate surface area is 165 Å². The molecule has 1 amide bonds. The van der Waals surface area contributed by atoms with Crippen molar-refractivity contribution in [1.29, 1.82) is 0 Å². The van der Waals surface area contributed by atoms with Gasteiger partial charge in [0.1, 0.15) is 6.10 Å². The van der Waals surface area contributed by atoms with Gasteiger partial charge in [-0.2, -0.15) is 0 Å². The van der Waals surface area contributed by atoms with Gasteiger partial charge in [-0.25, -0.2) is 17.7 Å². The molecule has 0 bridgehead atoms. The zero-order valence-corrected chi connectivity index (χ0v) is 16.8. The molecule has 2 aliphatic heterocycles. The Bertz CT molecular complexity index is 970. The highest BCUT2D eigenvalue weighted by Gasteiger charge is 2.35. The topological polar surface area (TPSA) is 79.8 Å². The highest BCUT2D eigenvalue weighted by atomic mass is 32.2. The summed E-state index contributed by atoms with van der Waals surface area (Å²) in [5, 5.41) is 1.07. The van der Waals surface area contributed by atoms with Crippen LogP contribution >= 0.6 is 0 Å². The number of fused-ring (bicyclic) bond motifs is 1. The fourth-order valence-electron chi connectivity index (χ4n) is 4.00. The van der Waals surface area contributed by atoms with E-state index in [4.69, 9.17) is 4.74 Å². The van der Waals surface area contributed by atoms with Gasteiger partial charge in [-0.3, -0.25) is 4.79 Å². The van der Waals surface area contributed by atoms with E-state index in [9.17, 15) is 13.2 Å². The maximum absolute atomic E-state index is 12.8. The van der Waals surface area contributed by atoms with E-state index in [0.29, 0.717) is 44.9 Å². The standard InChI is InChI=1S/C20H25N3O4S/c1-28(25,26)23-12-8-16(9-13-23)20(24)22-11-10-17(14-22)27-19-7-6-15-4-2-3-5-18(15)21-19/h2-7,16-17H,8-14H2,1H3/t17-/m1/s1. The van der Waals surface area contributed by atoms with Crippen LogP contribution in [-0.4, -0.2) is 67.1 Å². The van der Waals surface area contributed by atoms with Gasteiger partial charge in [0.15, 0.2) is 0 Å². The van der Waals surface area contributed by atoms with Crippen LogP contribution in [0.1, 0.15) is 19.3 Å². The van der Waals surface area contributed by atoms with Gasteiger partial charge in [-0.15, -0.1) is 0 Å². The quantitative estimate of drug-likeness (QED) is 0.779. The first-order chi connectivity index (χ1) is 13.4. The number of carbonyl (C=O) groups is 1. The van der Waals surface area contributed by atoms with E-state index < -0.39 is 10.0 Å². The van der Waals surface area contributed by atoms with Crippen molar-refractivity contribution >= 4 is 26.8 Å².